The molecule has 0 radical (unpaired) electrons. The summed E-state index contributed by atoms with van der Waals surface area (Å²) in [7, 11) is -10.0. The van der Waals surface area contributed by atoms with Gasteiger partial charge < -0.3 is 33.8 Å². The third-order valence-corrected chi connectivity index (χ3v) is 18.7. The summed E-state index contributed by atoms with van der Waals surface area (Å²) in [6.07, 6.45) is 89.8. The highest BCUT2D eigenvalue weighted by Crippen LogP contribution is 2.45. The molecule has 2 unspecified atom stereocenters. The van der Waals surface area contributed by atoms with E-state index in [2.05, 4.69) is 155 Å². The largest absolute Gasteiger partial charge is 0.472 e. The molecule has 0 aromatic rings. The van der Waals surface area contributed by atoms with E-state index in [1.807, 2.05) is 18.2 Å². The first kappa shape index (κ1) is 101. The summed E-state index contributed by atoms with van der Waals surface area (Å²) in [4.78, 5) is 73.1. The molecule has 606 valence electrons. The Kier molecular flexibility index (Phi) is 74.3. The lowest BCUT2D eigenvalue weighted by atomic mass is 10.0. The van der Waals surface area contributed by atoms with E-state index in [9.17, 15) is 43.2 Å². The van der Waals surface area contributed by atoms with Gasteiger partial charge in [0.2, 0.25) is 0 Å². The molecule has 0 saturated heterocycles. The number of carbonyl (C=O) groups is 4. The number of aliphatic hydroxyl groups is 1. The molecule has 0 fully saturated rings. The van der Waals surface area contributed by atoms with Crippen LogP contribution in [0.4, 0.5) is 0 Å². The van der Waals surface area contributed by atoms with Gasteiger partial charge >= 0.3 is 39.5 Å². The zero-order valence-corrected chi connectivity index (χ0v) is 68.1. The molecule has 0 aliphatic carbocycles. The van der Waals surface area contributed by atoms with Gasteiger partial charge in [0.15, 0.2) is 12.2 Å². The maximum atomic E-state index is 13.1. The number of phosphoric acid groups is 2. The second-order valence-corrected chi connectivity index (χ2v) is 29.9. The Morgan fingerprint density at radius 3 is 0.840 bits per heavy atom. The molecule has 0 heterocycles. The fourth-order valence-electron chi connectivity index (χ4n) is 10.6. The molecule has 106 heavy (non-hydrogen) atoms. The first-order valence-electron chi connectivity index (χ1n) is 41.1. The standard InChI is InChI=1S/C87H146O17P2/c1-5-9-13-17-21-25-29-33-36-38-40-42-45-49-53-57-61-65-69-73-86(91)103-82(77-97-84(89)71-67-63-59-55-51-47-32-28-24-20-16-12-8-4)79-101-105(93,94)99-75-81(88)76-100-106(95,96)102-80-83(78-98-85(90)72-68-64-60-56-52-48-44-35-31-27-23-19-15-11-7-3)104-87(92)74-70-66-62-58-54-50-46-43-41-39-37-34-30-26-22-18-14-10-6-2/h10,14,21-23,25-27,33-37,40-44,49-50,53-54,61,65,81-83,88H,5-9,11-13,15-20,24,28-32,38-39,45-48,51-52,55-60,62-64,66-80H2,1-4H3,(H,93,94)(H,95,96)/b14-10-,25-21-,26-22-,27-23-,36-33-,37-34-,42-40-,43-41-,44-35-,53-49-,54-50-,65-61-/t81-,82+,83+/m0/s1. The van der Waals surface area contributed by atoms with Crippen LogP contribution < -0.4 is 0 Å². The van der Waals surface area contributed by atoms with Crippen molar-refractivity contribution in [2.24, 2.45) is 0 Å². The van der Waals surface area contributed by atoms with Crippen molar-refractivity contribution in [1.29, 1.82) is 0 Å². The number of aliphatic hydroxyl groups excluding tert-OH is 1. The molecule has 0 aromatic carbocycles. The molecule has 0 aliphatic heterocycles. The second kappa shape index (κ2) is 78.1. The van der Waals surface area contributed by atoms with Crippen LogP contribution in [0.15, 0.2) is 146 Å². The van der Waals surface area contributed by atoms with Gasteiger partial charge in [-0.3, -0.25) is 37.3 Å². The van der Waals surface area contributed by atoms with Crippen LogP contribution >= 0.6 is 15.6 Å². The van der Waals surface area contributed by atoms with Crippen LogP contribution in [0.5, 0.6) is 0 Å². The fraction of sp³-hybridized carbons (Fsp3) is 0.678. The quantitative estimate of drug-likeness (QED) is 0.0169. The molecule has 0 aromatic heterocycles. The third kappa shape index (κ3) is 77.1. The maximum absolute atomic E-state index is 13.1. The van der Waals surface area contributed by atoms with Crippen molar-refractivity contribution >= 4 is 39.5 Å². The maximum Gasteiger partial charge on any atom is 0.472 e. The Bertz CT molecular complexity index is 2580. The highest BCUT2D eigenvalue weighted by Gasteiger charge is 2.30. The van der Waals surface area contributed by atoms with Gasteiger partial charge in [-0.2, -0.15) is 0 Å². The van der Waals surface area contributed by atoms with Gasteiger partial charge in [0.05, 0.1) is 26.4 Å². The zero-order valence-electron chi connectivity index (χ0n) is 66.3. The number of esters is 4. The molecule has 0 bridgehead atoms. The molecular weight excluding hydrogens is 1380 g/mol. The summed E-state index contributed by atoms with van der Waals surface area (Å²) in [6, 6.07) is 0. The van der Waals surface area contributed by atoms with Crippen LogP contribution in [0.3, 0.4) is 0 Å². The Balaban J connectivity index is 5.48. The molecule has 19 heteroatoms. The van der Waals surface area contributed by atoms with Crippen molar-refractivity contribution in [2.45, 2.75) is 341 Å². The van der Waals surface area contributed by atoms with Gasteiger partial charge in [-0.05, 0) is 141 Å². The van der Waals surface area contributed by atoms with Crippen LogP contribution in [0, 0.1) is 0 Å². The van der Waals surface area contributed by atoms with E-state index < -0.39 is 97.5 Å². The van der Waals surface area contributed by atoms with Gasteiger partial charge in [0.1, 0.15) is 19.3 Å². The summed E-state index contributed by atoms with van der Waals surface area (Å²) >= 11 is 0. The van der Waals surface area contributed by atoms with E-state index in [1.165, 1.54) is 89.9 Å². The fourth-order valence-corrected chi connectivity index (χ4v) is 12.1. The van der Waals surface area contributed by atoms with E-state index in [0.29, 0.717) is 32.1 Å². The van der Waals surface area contributed by atoms with Gasteiger partial charge in [-0.25, -0.2) is 9.13 Å². The first-order valence-corrected chi connectivity index (χ1v) is 44.1. The van der Waals surface area contributed by atoms with E-state index >= 15 is 0 Å². The van der Waals surface area contributed by atoms with Crippen LogP contribution in [0.1, 0.15) is 323 Å². The minimum Gasteiger partial charge on any atom is -0.462 e. The van der Waals surface area contributed by atoms with Crippen molar-refractivity contribution in [3.05, 3.63) is 146 Å². The van der Waals surface area contributed by atoms with Gasteiger partial charge in [-0.15, -0.1) is 0 Å². The molecule has 0 rings (SSSR count). The van der Waals surface area contributed by atoms with Crippen molar-refractivity contribution in [3.8, 4) is 0 Å². The number of ether oxygens (including phenoxy) is 4. The minimum absolute atomic E-state index is 0.0310. The monoisotopic (exact) mass is 1530 g/mol. The van der Waals surface area contributed by atoms with Crippen LogP contribution in [0.25, 0.3) is 0 Å². The van der Waals surface area contributed by atoms with Crippen molar-refractivity contribution in [2.75, 3.05) is 39.6 Å². The number of rotatable bonds is 76. The molecule has 0 saturated carbocycles. The Labute approximate surface area is 643 Å². The number of hydrogen-bond donors (Lipinski definition) is 3. The number of unbranched alkanes of at least 4 members (excludes halogenated alkanes) is 26. The predicted molar refractivity (Wildman–Crippen MR) is 436 cm³/mol. The number of phosphoric ester groups is 2. The summed E-state index contributed by atoms with van der Waals surface area (Å²) in [5, 5.41) is 10.7. The van der Waals surface area contributed by atoms with Crippen molar-refractivity contribution in [3.63, 3.8) is 0 Å². The van der Waals surface area contributed by atoms with Crippen LogP contribution in [-0.4, -0.2) is 96.7 Å². The van der Waals surface area contributed by atoms with Crippen LogP contribution in [-0.2, 0) is 65.4 Å². The lowest BCUT2D eigenvalue weighted by Crippen LogP contribution is -2.30. The van der Waals surface area contributed by atoms with Gasteiger partial charge in [0.25, 0.3) is 0 Å². The average Bonchev–Trinajstić information content (AvgIpc) is 1.23. The second-order valence-electron chi connectivity index (χ2n) is 27.0. The first-order chi connectivity index (χ1) is 51.7. The summed E-state index contributed by atoms with van der Waals surface area (Å²) in [5.41, 5.74) is 0. The van der Waals surface area contributed by atoms with E-state index in [4.69, 9.17) is 37.0 Å². The average molecular weight is 1530 g/mol. The highest BCUT2D eigenvalue weighted by molar-refractivity contribution is 7.47. The lowest BCUT2D eigenvalue weighted by Gasteiger charge is -2.21. The zero-order chi connectivity index (χ0) is 77.4. The number of hydrogen-bond acceptors (Lipinski definition) is 15. The molecule has 3 N–H and O–H groups in total. The number of allylic oxidation sites excluding steroid dienone is 24. The minimum atomic E-state index is -5.00. The summed E-state index contributed by atoms with van der Waals surface area (Å²) < 4.78 is 68.6. The Hall–Kier alpha value is -5.06. The van der Waals surface area contributed by atoms with Gasteiger partial charge in [0, 0.05) is 25.7 Å². The van der Waals surface area contributed by atoms with E-state index in [1.54, 1.807) is 0 Å². The van der Waals surface area contributed by atoms with Crippen LogP contribution in [0.2, 0.25) is 0 Å². The smallest absolute Gasteiger partial charge is 0.462 e. The molecule has 0 spiro atoms. The lowest BCUT2D eigenvalue weighted by molar-refractivity contribution is -0.161. The summed E-state index contributed by atoms with van der Waals surface area (Å²) in [6.45, 7) is 4.58. The van der Waals surface area contributed by atoms with Crippen molar-refractivity contribution < 1.29 is 80.2 Å². The molecule has 0 amide bonds. The highest BCUT2D eigenvalue weighted by atomic mass is 31.2. The SMILES string of the molecule is CC/C=C\C/C=C\C/C=C\C/C=C\C/C=C\CCCCCC(=O)O[C@H](COC(=O)CCCCCCC/C=C\C/C=C\CCCCC)COP(=O)(O)OC[C@@H](O)COP(=O)(O)OC[C@@H](COC(=O)CCCCCCCCCCCCCCC)OC(=O)CC/C=C\C/C=C\C/C=C\C/C=C\C/C=C\CCCCC. The molecule has 5 atom stereocenters. The van der Waals surface area contributed by atoms with E-state index in [-0.39, 0.29) is 25.7 Å². The Morgan fingerprint density at radius 1 is 0.274 bits per heavy atom. The topological polar surface area (TPSA) is 237 Å². The van der Waals surface area contributed by atoms with Crippen molar-refractivity contribution in [1.82, 2.24) is 0 Å². The Morgan fingerprint density at radius 2 is 0.509 bits per heavy atom. The van der Waals surface area contributed by atoms with E-state index in [0.717, 1.165) is 148 Å². The summed E-state index contributed by atoms with van der Waals surface area (Å²) in [5.74, 6) is -2.32. The predicted octanol–water partition coefficient (Wildman–Crippen LogP) is 24.2. The van der Waals surface area contributed by atoms with Gasteiger partial charge in [-0.1, -0.05) is 302 Å². The third-order valence-electron chi connectivity index (χ3n) is 16.8. The molecular formula is C87H146O17P2. The molecule has 0 aliphatic rings. The normalized spacial score (nSPS) is 14.6. The number of carbonyl (C=O) groups excluding carboxylic acids is 4. The molecule has 17 nitrogen and oxygen atoms in total.